The number of hydrogen-bond donors (Lipinski definition) is 3. The minimum absolute atomic E-state index is 0.304. The molecule has 1 saturated carbocycles. The van der Waals surface area contributed by atoms with Gasteiger partial charge in [0.2, 0.25) is 0 Å². The summed E-state index contributed by atoms with van der Waals surface area (Å²) in [5.74, 6) is 1.31. The largest absolute Gasteiger partial charge is 0.462 e. The highest BCUT2D eigenvalue weighted by atomic mass is 16.5. The number of ether oxygens (including phenoxy) is 1. The molecule has 8 nitrogen and oxygen atoms in total. The summed E-state index contributed by atoms with van der Waals surface area (Å²) in [5.41, 5.74) is 9.04. The highest BCUT2D eigenvalue weighted by Crippen LogP contribution is 2.29. The fourth-order valence-corrected chi connectivity index (χ4v) is 3.84. The van der Waals surface area contributed by atoms with Gasteiger partial charge in [-0.3, -0.25) is 0 Å². The van der Waals surface area contributed by atoms with Crippen LogP contribution in [0.2, 0.25) is 0 Å². The zero-order chi connectivity index (χ0) is 21.1. The zero-order valence-corrected chi connectivity index (χ0v) is 17.4. The number of aromatic nitrogens is 3. The second kappa shape index (κ2) is 8.71. The van der Waals surface area contributed by atoms with Gasteiger partial charge in [-0.2, -0.15) is 9.61 Å². The number of fused-ring (bicyclic) bond motifs is 1. The van der Waals surface area contributed by atoms with Crippen molar-refractivity contribution in [2.24, 2.45) is 5.73 Å². The van der Waals surface area contributed by atoms with Gasteiger partial charge in [0.05, 0.1) is 18.4 Å². The molecule has 1 aliphatic rings. The van der Waals surface area contributed by atoms with Gasteiger partial charge in [-0.05, 0) is 57.7 Å². The minimum Gasteiger partial charge on any atom is -0.462 e. The van der Waals surface area contributed by atoms with Crippen LogP contribution in [0.1, 0.15) is 48.5 Å². The first-order valence-electron chi connectivity index (χ1n) is 10.5. The molecular weight excluding hydrogens is 380 g/mol. The Kier molecular flexibility index (Phi) is 5.85. The van der Waals surface area contributed by atoms with Crippen molar-refractivity contribution in [3.63, 3.8) is 0 Å². The molecule has 0 spiro atoms. The Morgan fingerprint density at radius 1 is 1.27 bits per heavy atom. The molecule has 0 aliphatic heterocycles. The van der Waals surface area contributed by atoms with Gasteiger partial charge in [-0.25, -0.2) is 9.78 Å². The molecule has 30 heavy (non-hydrogen) atoms. The van der Waals surface area contributed by atoms with Gasteiger partial charge in [-0.15, -0.1) is 0 Å². The lowest BCUT2D eigenvalue weighted by Crippen LogP contribution is -2.33. The van der Waals surface area contributed by atoms with Gasteiger partial charge in [-0.1, -0.05) is 6.07 Å². The molecule has 1 aliphatic carbocycles. The fraction of sp³-hybridized carbons (Fsp3) is 0.409. The summed E-state index contributed by atoms with van der Waals surface area (Å²) >= 11 is 0. The lowest BCUT2D eigenvalue weighted by atomic mass is 9.92. The van der Waals surface area contributed by atoms with E-state index in [1.165, 1.54) is 0 Å². The predicted molar refractivity (Wildman–Crippen MR) is 117 cm³/mol. The van der Waals surface area contributed by atoms with Crippen molar-refractivity contribution in [3.8, 4) is 0 Å². The SMILES string of the molecule is CCOC(=O)c1cccc(Nc2c(C)c(NC3CCC(N)CC3)nc3ccnn23)c1. The molecule has 0 radical (unpaired) electrons. The van der Waals surface area contributed by atoms with Crippen LogP contribution in [-0.2, 0) is 4.74 Å². The number of nitrogens with one attached hydrogen (secondary N) is 2. The van der Waals surface area contributed by atoms with E-state index >= 15 is 0 Å². The van der Waals surface area contributed by atoms with Crippen LogP contribution in [0.15, 0.2) is 36.5 Å². The molecular formula is C22H28N6O2. The van der Waals surface area contributed by atoms with Gasteiger partial charge in [0.25, 0.3) is 0 Å². The molecule has 0 saturated heterocycles. The van der Waals surface area contributed by atoms with Crippen LogP contribution < -0.4 is 16.4 Å². The Labute approximate surface area is 175 Å². The summed E-state index contributed by atoms with van der Waals surface area (Å²) in [6, 6.07) is 9.81. The maximum Gasteiger partial charge on any atom is 0.338 e. The average molecular weight is 409 g/mol. The molecule has 0 atom stereocenters. The number of rotatable bonds is 6. The van der Waals surface area contributed by atoms with Crippen molar-refractivity contribution in [1.82, 2.24) is 14.6 Å². The van der Waals surface area contributed by atoms with Gasteiger partial charge >= 0.3 is 5.97 Å². The second-order valence-electron chi connectivity index (χ2n) is 7.72. The van der Waals surface area contributed by atoms with Crippen LogP contribution in [0.25, 0.3) is 5.65 Å². The van der Waals surface area contributed by atoms with Gasteiger partial charge in [0.1, 0.15) is 11.6 Å². The van der Waals surface area contributed by atoms with Crippen LogP contribution in [-0.4, -0.2) is 39.3 Å². The Balaban J connectivity index is 1.64. The van der Waals surface area contributed by atoms with Crippen LogP contribution in [0.3, 0.4) is 0 Å². The van der Waals surface area contributed by atoms with E-state index < -0.39 is 0 Å². The number of esters is 1. The standard InChI is InChI=1S/C22H28N6O2/c1-3-30-22(29)15-5-4-6-18(13-15)26-21-14(2)20(27-19-11-12-24-28(19)21)25-17-9-7-16(23)8-10-17/h4-6,11-13,16-17,26H,3,7-10,23H2,1-2H3,(H,25,27). The summed E-state index contributed by atoms with van der Waals surface area (Å²) in [5, 5.41) is 11.4. The summed E-state index contributed by atoms with van der Waals surface area (Å²) in [6.45, 7) is 4.15. The molecule has 8 heteroatoms. The van der Waals surface area contributed by atoms with E-state index in [9.17, 15) is 4.79 Å². The highest BCUT2D eigenvalue weighted by Gasteiger charge is 2.21. The maximum atomic E-state index is 12.1. The monoisotopic (exact) mass is 408 g/mol. The zero-order valence-electron chi connectivity index (χ0n) is 17.4. The third-order valence-electron chi connectivity index (χ3n) is 5.52. The number of hydrogen-bond acceptors (Lipinski definition) is 7. The smallest absolute Gasteiger partial charge is 0.338 e. The molecule has 1 fully saturated rings. The molecule has 3 aromatic rings. The number of nitrogens with two attached hydrogens (primary N) is 1. The first kappa shape index (κ1) is 20.2. The van der Waals surface area contributed by atoms with Crippen molar-refractivity contribution in [2.75, 3.05) is 17.2 Å². The van der Waals surface area contributed by atoms with Crippen molar-refractivity contribution in [2.45, 2.75) is 51.6 Å². The normalized spacial score (nSPS) is 18.9. The first-order valence-corrected chi connectivity index (χ1v) is 10.5. The van der Waals surface area contributed by atoms with Crippen molar-refractivity contribution in [3.05, 3.63) is 47.7 Å². The number of carbonyl (C=O) groups is 1. The van der Waals surface area contributed by atoms with Crippen molar-refractivity contribution in [1.29, 1.82) is 0 Å². The Morgan fingerprint density at radius 3 is 2.83 bits per heavy atom. The summed E-state index contributed by atoms with van der Waals surface area (Å²) in [4.78, 5) is 16.9. The molecule has 0 bridgehead atoms. The van der Waals surface area contributed by atoms with Gasteiger partial charge in [0.15, 0.2) is 5.65 Å². The summed E-state index contributed by atoms with van der Waals surface area (Å²) in [6.07, 6.45) is 5.86. The molecule has 4 N–H and O–H groups in total. The number of nitrogens with zero attached hydrogens (tertiary/aromatic N) is 3. The van der Waals surface area contributed by atoms with Crippen LogP contribution in [0.4, 0.5) is 17.3 Å². The lowest BCUT2D eigenvalue weighted by Gasteiger charge is -2.28. The van der Waals surface area contributed by atoms with E-state index in [1.54, 1.807) is 29.8 Å². The molecule has 158 valence electrons. The van der Waals surface area contributed by atoms with E-state index in [1.807, 2.05) is 25.1 Å². The fourth-order valence-electron chi connectivity index (χ4n) is 3.84. The Morgan fingerprint density at radius 2 is 2.07 bits per heavy atom. The summed E-state index contributed by atoms with van der Waals surface area (Å²) < 4.78 is 6.88. The third kappa shape index (κ3) is 4.23. The maximum absolute atomic E-state index is 12.1. The number of anilines is 3. The van der Waals surface area contributed by atoms with Crippen molar-refractivity contribution < 1.29 is 9.53 Å². The van der Waals surface area contributed by atoms with E-state index in [-0.39, 0.29) is 5.97 Å². The predicted octanol–water partition coefficient (Wildman–Crippen LogP) is 3.64. The third-order valence-corrected chi connectivity index (χ3v) is 5.52. The number of carbonyl (C=O) groups excluding carboxylic acids is 1. The van der Waals surface area contributed by atoms with Crippen LogP contribution in [0.5, 0.6) is 0 Å². The molecule has 0 unspecified atom stereocenters. The molecule has 0 amide bonds. The van der Waals surface area contributed by atoms with Gasteiger partial charge in [0, 0.05) is 29.4 Å². The van der Waals surface area contributed by atoms with E-state index in [4.69, 9.17) is 15.5 Å². The average Bonchev–Trinajstić information content (AvgIpc) is 3.21. The van der Waals surface area contributed by atoms with Crippen molar-refractivity contribution >= 4 is 28.9 Å². The van der Waals surface area contributed by atoms with E-state index in [0.717, 1.165) is 54.2 Å². The molecule has 2 heterocycles. The molecule has 4 rings (SSSR count). The molecule has 1 aromatic carbocycles. The quantitative estimate of drug-likeness (QED) is 0.535. The topological polar surface area (TPSA) is 107 Å². The highest BCUT2D eigenvalue weighted by molar-refractivity contribution is 5.90. The Bertz CT molecular complexity index is 1040. The minimum atomic E-state index is -0.338. The lowest BCUT2D eigenvalue weighted by molar-refractivity contribution is 0.0526. The Hall–Kier alpha value is -3.13. The van der Waals surface area contributed by atoms with E-state index in [0.29, 0.717) is 24.3 Å². The van der Waals surface area contributed by atoms with Crippen LogP contribution >= 0.6 is 0 Å². The van der Waals surface area contributed by atoms with Gasteiger partial charge < -0.3 is 21.1 Å². The first-order chi connectivity index (χ1) is 14.5. The second-order valence-corrected chi connectivity index (χ2v) is 7.72. The van der Waals surface area contributed by atoms with E-state index in [2.05, 4.69) is 15.7 Å². The molecule has 2 aromatic heterocycles. The summed E-state index contributed by atoms with van der Waals surface area (Å²) in [7, 11) is 0. The van der Waals surface area contributed by atoms with Crippen LogP contribution in [0, 0.1) is 6.92 Å². The number of benzene rings is 1.